The lowest BCUT2D eigenvalue weighted by molar-refractivity contribution is -0.687. The second-order valence-corrected chi connectivity index (χ2v) is 9.15. The van der Waals surface area contributed by atoms with Crippen LogP contribution in [0.15, 0.2) is 69.8 Å². The zero-order valence-corrected chi connectivity index (χ0v) is 19.7. The van der Waals surface area contributed by atoms with Crippen LogP contribution in [0.5, 0.6) is 0 Å². The minimum absolute atomic E-state index is 0.0248. The zero-order chi connectivity index (χ0) is 25.4. The smallest absolute Gasteiger partial charge is 0.292 e. The Balaban J connectivity index is 1.36. The molecule has 2 atom stereocenters. The van der Waals surface area contributed by atoms with Gasteiger partial charge in [-0.15, -0.1) is 11.8 Å². The first-order valence-corrected chi connectivity index (χ1v) is 11.8. The Labute approximate surface area is 208 Å². The predicted octanol–water partition coefficient (Wildman–Crippen LogP) is -0.848. The van der Waals surface area contributed by atoms with E-state index < -0.39 is 29.2 Å². The van der Waals surface area contributed by atoms with Crippen LogP contribution in [0, 0.1) is 0 Å². The topological polar surface area (TPSA) is 167 Å². The molecule has 0 bridgehead atoms. The van der Waals surface area contributed by atoms with Gasteiger partial charge in [0.25, 0.3) is 17.8 Å². The Bertz CT molecular complexity index is 1450. The number of thioether (sulfide) groups is 1. The number of carbonyl (C=O) groups is 3. The van der Waals surface area contributed by atoms with Crippen LogP contribution in [0.1, 0.15) is 5.69 Å². The van der Waals surface area contributed by atoms with Crippen molar-refractivity contribution in [1.29, 1.82) is 0 Å². The second kappa shape index (κ2) is 9.34. The average Bonchev–Trinajstić information content (AvgIpc) is 3.30. The van der Waals surface area contributed by atoms with Gasteiger partial charge < -0.3 is 30.2 Å². The predicted molar refractivity (Wildman–Crippen MR) is 126 cm³/mol. The minimum Gasteiger partial charge on any atom is -0.543 e. The number of carbonyl (C=O) groups excluding carboxylic acids is 3. The van der Waals surface area contributed by atoms with Crippen molar-refractivity contribution in [3.63, 3.8) is 0 Å². The van der Waals surface area contributed by atoms with E-state index in [0.29, 0.717) is 11.3 Å². The van der Waals surface area contributed by atoms with Crippen molar-refractivity contribution in [3.8, 4) is 0 Å². The number of carboxylic acid groups (broad SMARTS) is 1. The Morgan fingerprint density at radius 3 is 2.83 bits per heavy atom. The fourth-order valence-electron chi connectivity index (χ4n) is 4.19. The number of rotatable bonds is 7. The van der Waals surface area contributed by atoms with Gasteiger partial charge in [0, 0.05) is 22.8 Å². The summed E-state index contributed by atoms with van der Waals surface area (Å²) in [5, 5.41) is 19.7. The number of oxazole rings is 1. The Hall–Kier alpha value is -4.39. The third-order valence-electron chi connectivity index (χ3n) is 5.81. The molecule has 2 amide bonds. The Morgan fingerprint density at radius 1 is 1.36 bits per heavy atom. The number of aromatic nitrogens is 2. The van der Waals surface area contributed by atoms with E-state index in [0.717, 1.165) is 21.9 Å². The summed E-state index contributed by atoms with van der Waals surface area (Å²) in [5.41, 5.74) is 5.61. The Kier molecular flexibility index (Phi) is 6.06. The maximum absolute atomic E-state index is 13.0. The SMILES string of the molecule is CO/N=C(\C(=O)NC1C(=O)N2C(C(=O)[O-])=C(C[n+]3ccc4ccccc4c3)CS[C@H]12)c1coc(N)n1. The molecule has 3 N–H and O–H groups in total. The number of anilines is 1. The van der Waals surface area contributed by atoms with Gasteiger partial charge in [0.15, 0.2) is 24.7 Å². The fraction of sp³-hybridized carbons (Fsp3) is 0.217. The number of benzene rings is 1. The van der Waals surface area contributed by atoms with Crippen molar-refractivity contribution in [2.45, 2.75) is 18.0 Å². The van der Waals surface area contributed by atoms with Gasteiger partial charge >= 0.3 is 0 Å². The maximum Gasteiger partial charge on any atom is 0.292 e. The van der Waals surface area contributed by atoms with Crippen molar-refractivity contribution < 1.29 is 33.3 Å². The molecule has 36 heavy (non-hydrogen) atoms. The summed E-state index contributed by atoms with van der Waals surface area (Å²) < 4.78 is 6.77. The molecule has 2 aliphatic rings. The monoisotopic (exact) mass is 508 g/mol. The zero-order valence-electron chi connectivity index (χ0n) is 18.9. The quantitative estimate of drug-likeness (QED) is 0.179. The van der Waals surface area contributed by atoms with Gasteiger partial charge in [-0.2, -0.15) is 4.98 Å². The van der Waals surface area contributed by atoms with Crippen molar-refractivity contribution in [2.24, 2.45) is 5.16 Å². The molecule has 0 aliphatic carbocycles. The molecule has 5 rings (SSSR count). The van der Waals surface area contributed by atoms with E-state index in [9.17, 15) is 19.5 Å². The summed E-state index contributed by atoms with van der Waals surface area (Å²) >= 11 is 1.35. The number of nitrogens with two attached hydrogens (primary N) is 1. The van der Waals surface area contributed by atoms with E-state index >= 15 is 0 Å². The van der Waals surface area contributed by atoms with E-state index in [1.165, 1.54) is 18.9 Å². The molecule has 0 radical (unpaired) electrons. The highest BCUT2D eigenvalue weighted by molar-refractivity contribution is 8.00. The lowest BCUT2D eigenvalue weighted by Crippen LogP contribution is -2.71. The number of carboxylic acids is 1. The average molecular weight is 509 g/mol. The van der Waals surface area contributed by atoms with Crippen LogP contribution in [0.3, 0.4) is 0 Å². The van der Waals surface area contributed by atoms with Crippen molar-refractivity contribution >= 4 is 52.0 Å². The van der Waals surface area contributed by atoms with E-state index in [1.54, 1.807) is 0 Å². The third-order valence-corrected chi connectivity index (χ3v) is 7.15. The molecule has 0 spiro atoms. The van der Waals surface area contributed by atoms with Crippen LogP contribution >= 0.6 is 11.8 Å². The minimum atomic E-state index is -1.45. The van der Waals surface area contributed by atoms with Crippen LogP contribution < -0.4 is 20.7 Å². The van der Waals surface area contributed by atoms with Gasteiger partial charge in [0.1, 0.15) is 30.5 Å². The molecule has 0 saturated carbocycles. The second-order valence-electron chi connectivity index (χ2n) is 8.04. The highest BCUT2D eigenvalue weighted by Gasteiger charge is 2.53. The van der Waals surface area contributed by atoms with E-state index in [-0.39, 0.29) is 29.7 Å². The van der Waals surface area contributed by atoms with Crippen molar-refractivity contribution in [1.82, 2.24) is 15.2 Å². The van der Waals surface area contributed by atoms with Gasteiger partial charge in [-0.3, -0.25) is 14.5 Å². The summed E-state index contributed by atoms with van der Waals surface area (Å²) in [7, 11) is 1.25. The number of amides is 2. The number of hydrogen-bond donors (Lipinski definition) is 2. The molecule has 1 unspecified atom stereocenters. The molecule has 3 aromatic rings. The van der Waals surface area contributed by atoms with E-state index in [1.807, 2.05) is 47.3 Å². The highest BCUT2D eigenvalue weighted by atomic mass is 32.2. The summed E-state index contributed by atoms with van der Waals surface area (Å²) in [6.45, 7) is 0.271. The summed E-state index contributed by atoms with van der Waals surface area (Å²) in [6, 6.07) is 8.61. The number of aliphatic carboxylic acids is 1. The molecule has 1 aromatic carbocycles. The lowest BCUT2D eigenvalue weighted by Gasteiger charge is -2.50. The first kappa shape index (κ1) is 23.4. The molecule has 1 saturated heterocycles. The largest absolute Gasteiger partial charge is 0.543 e. The molecular formula is C23H20N6O6S. The van der Waals surface area contributed by atoms with Crippen molar-refractivity contribution in [2.75, 3.05) is 18.6 Å². The standard InChI is InChI=1S/C23H20N6O6S/c1-34-27-16(15-10-35-23(24)25-15)19(30)26-17-20(31)29-18(22(32)33)14(11-36-21(17)29)9-28-7-6-12-4-2-3-5-13(12)8-28/h2-8,10,17,21H,9,11H2,1H3,(H3-,24,25,26,30,32,33)/b27-16-/t17?,21-/m1/s1. The van der Waals surface area contributed by atoms with E-state index in [2.05, 4.69) is 15.5 Å². The molecule has 12 nitrogen and oxygen atoms in total. The number of hydrogen-bond acceptors (Lipinski definition) is 10. The van der Waals surface area contributed by atoms with Crippen LogP contribution in [-0.4, -0.2) is 57.7 Å². The molecule has 13 heteroatoms. The van der Waals surface area contributed by atoms with Crippen LogP contribution in [0.25, 0.3) is 10.8 Å². The van der Waals surface area contributed by atoms with Gasteiger partial charge in [-0.1, -0.05) is 23.4 Å². The third kappa shape index (κ3) is 4.13. The van der Waals surface area contributed by atoms with Crippen molar-refractivity contribution in [3.05, 3.63) is 66.0 Å². The summed E-state index contributed by atoms with van der Waals surface area (Å²) in [5.74, 6) is -2.44. The molecule has 1 fully saturated rings. The molecule has 4 heterocycles. The number of nitrogens with one attached hydrogen (secondary N) is 1. The number of fused-ring (bicyclic) bond motifs is 2. The fourth-order valence-corrected chi connectivity index (χ4v) is 5.53. The summed E-state index contributed by atoms with van der Waals surface area (Å²) in [4.78, 5) is 47.6. The molecule has 2 aliphatic heterocycles. The molecule has 2 aromatic heterocycles. The normalized spacial score (nSPS) is 19.6. The highest BCUT2D eigenvalue weighted by Crippen LogP contribution is 2.40. The number of β-lactam (4-membered cyclic amide) rings is 1. The number of pyridine rings is 1. The molecular weight excluding hydrogens is 488 g/mol. The van der Waals surface area contributed by atoms with Crippen LogP contribution in [0.4, 0.5) is 6.01 Å². The number of nitrogens with zero attached hydrogens (tertiary/aromatic N) is 4. The number of nitrogen functional groups attached to an aromatic ring is 1. The van der Waals surface area contributed by atoms with Gasteiger partial charge in [0.05, 0.1) is 11.7 Å². The maximum atomic E-state index is 13.0. The van der Waals surface area contributed by atoms with Gasteiger partial charge in [-0.25, -0.2) is 4.57 Å². The van der Waals surface area contributed by atoms with Crippen LogP contribution in [0.2, 0.25) is 0 Å². The van der Waals surface area contributed by atoms with E-state index in [4.69, 9.17) is 15.0 Å². The summed E-state index contributed by atoms with van der Waals surface area (Å²) in [6.07, 6.45) is 4.90. The number of oxime groups is 1. The van der Waals surface area contributed by atoms with Gasteiger partial charge in [-0.05, 0) is 11.5 Å². The Morgan fingerprint density at radius 2 is 2.14 bits per heavy atom. The lowest BCUT2D eigenvalue weighted by atomic mass is 10.0. The van der Waals surface area contributed by atoms with Gasteiger partial charge in [0.2, 0.25) is 0 Å². The van der Waals surface area contributed by atoms with Crippen LogP contribution in [-0.2, 0) is 25.8 Å². The molecule has 184 valence electrons. The first-order chi connectivity index (χ1) is 17.4. The first-order valence-electron chi connectivity index (χ1n) is 10.8.